The first kappa shape index (κ1) is 17.0. The van der Waals surface area contributed by atoms with Crippen LogP contribution in [0.15, 0.2) is 24.3 Å². The highest BCUT2D eigenvalue weighted by molar-refractivity contribution is 5.39. The van der Waals surface area contributed by atoms with Gasteiger partial charge in [0.05, 0.1) is 6.61 Å². The zero-order valence-electron chi connectivity index (χ0n) is 13.3. The Bertz CT molecular complexity index is 347. The molecule has 1 aromatic carbocycles. The number of rotatable bonds is 10. The molecule has 0 aliphatic rings. The van der Waals surface area contributed by atoms with Crippen molar-refractivity contribution in [1.82, 2.24) is 4.90 Å². The van der Waals surface area contributed by atoms with Gasteiger partial charge in [0.1, 0.15) is 0 Å². The third kappa shape index (κ3) is 5.93. The van der Waals surface area contributed by atoms with Gasteiger partial charge >= 0.3 is 0 Å². The fourth-order valence-corrected chi connectivity index (χ4v) is 2.66. The van der Waals surface area contributed by atoms with Crippen molar-refractivity contribution in [3.8, 4) is 0 Å². The van der Waals surface area contributed by atoms with E-state index in [0.717, 1.165) is 31.8 Å². The molecule has 1 aromatic rings. The largest absolute Gasteiger partial charge is 0.399 e. The van der Waals surface area contributed by atoms with Crippen LogP contribution in [0, 0.1) is 0 Å². The number of anilines is 1. The van der Waals surface area contributed by atoms with Crippen molar-refractivity contribution in [1.29, 1.82) is 0 Å². The Labute approximate surface area is 124 Å². The van der Waals surface area contributed by atoms with Crippen molar-refractivity contribution < 1.29 is 4.74 Å². The smallest absolute Gasteiger partial charge is 0.0589 e. The van der Waals surface area contributed by atoms with E-state index in [1.54, 1.807) is 7.11 Å². The van der Waals surface area contributed by atoms with Crippen LogP contribution >= 0.6 is 0 Å². The van der Waals surface area contributed by atoms with Crippen molar-refractivity contribution >= 4 is 5.69 Å². The Balaban J connectivity index is 2.42. The van der Waals surface area contributed by atoms with Gasteiger partial charge in [-0.2, -0.15) is 0 Å². The van der Waals surface area contributed by atoms with Crippen LogP contribution < -0.4 is 5.73 Å². The predicted octanol–water partition coefficient (Wildman–Crippen LogP) is 3.34. The maximum atomic E-state index is 5.71. The molecule has 114 valence electrons. The van der Waals surface area contributed by atoms with Gasteiger partial charge in [0, 0.05) is 25.4 Å². The molecule has 0 bridgehead atoms. The number of ether oxygens (including phenoxy) is 1. The molecule has 0 spiro atoms. The van der Waals surface area contributed by atoms with Crippen molar-refractivity contribution in [3.63, 3.8) is 0 Å². The van der Waals surface area contributed by atoms with E-state index in [2.05, 4.69) is 30.9 Å². The lowest BCUT2D eigenvalue weighted by Gasteiger charge is -2.30. The second kappa shape index (κ2) is 9.78. The molecule has 20 heavy (non-hydrogen) atoms. The number of hydrogen-bond donors (Lipinski definition) is 1. The minimum Gasteiger partial charge on any atom is -0.399 e. The average Bonchev–Trinajstić information content (AvgIpc) is 2.47. The fourth-order valence-electron chi connectivity index (χ4n) is 2.66. The summed E-state index contributed by atoms with van der Waals surface area (Å²) < 4.78 is 5.23. The number of methoxy groups -OCH3 is 1. The highest BCUT2D eigenvalue weighted by atomic mass is 16.5. The first-order chi connectivity index (χ1) is 9.71. The molecule has 3 heteroatoms. The number of hydrogen-bond acceptors (Lipinski definition) is 3. The highest BCUT2D eigenvalue weighted by Gasteiger charge is 2.14. The number of benzene rings is 1. The van der Waals surface area contributed by atoms with Gasteiger partial charge in [-0.25, -0.2) is 0 Å². The van der Waals surface area contributed by atoms with Crippen LogP contribution in [0.4, 0.5) is 5.69 Å². The van der Waals surface area contributed by atoms with E-state index < -0.39 is 0 Å². The molecule has 1 rings (SSSR count). The standard InChI is InChI=1S/C17H30N2O/c1-4-17(5-2)19(13-14-20-3)12-6-7-15-8-10-16(18)11-9-15/h8-11,17H,4-7,12-14,18H2,1-3H3. The van der Waals surface area contributed by atoms with Crippen LogP contribution in [0.5, 0.6) is 0 Å². The second-order valence-electron chi connectivity index (χ2n) is 5.34. The predicted molar refractivity (Wildman–Crippen MR) is 87.0 cm³/mol. The number of aryl methyl sites for hydroxylation is 1. The molecule has 0 atom stereocenters. The Hall–Kier alpha value is -1.06. The summed E-state index contributed by atoms with van der Waals surface area (Å²) in [5.41, 5.74) is 7.92. The van der Waals surface area contributed by atoms with Gasteiger partial charge in [-0.15, -0.1) is 0 Å². The van der Waals surface area contributed by atoms with E-state index in [1.807, 2.05) is 12.1 Å². The maximum absolute atomic E-state index is 5.71. The SMILES string of the molecule is CCC(CC)N(CCCc1ccc(N)cc1)CCOC. The zero-order chi connectivity index (χ0) is 14.8. The quantitative estimate of drug-likeness (QED) is 0.667. The number of nitrogens with zero attached hydrogens (tertiary/aromatic N) is 1. The van der Waals surface area contributed by atoms with Crippen molar-refractivity contribution in [2.75, 3.05) is 32.5 Å². The first-order valence-electron chi connectivity index (χ1n) is 7.78. The summed E-state index contributed by atoms with van der Waals surface area (Å²) in [6.45, 7) is 7.53. The van der Waals surface area contributed by atoms with Crippen LogP contribution in [0.1, 0.15) is 38.7 Å². The molecule has 3 nitrogen and oxygen atoms in total. The van der Waals surface area contributed by atoms with Crippen LogP contribution in [-0.4, -0.2) is 37.7 Å². The maximum Gasteiger partial charge on any atom is 0.0589 e. The molecule has 0 amide bonds. The molecule has 0 aromatic heterocycles. The van der Waals surface area contributed by atoms with Gasteiger partial charge in [-0.3, -0.25) is 4.90 Å². The summed E-state index contributed by atoms with van der Waals surface area (Å²) in [7, 11) is 1.78. The van der Waals surface area contributed by atoms with E-state index in [9.17, 15) is 0 Å². The van der Waals surface area contributed by atoms with Gasteiger partial charge in [0.15, 0.2) is 0 Å². The monoisotopic (exact) mass is 278 g/mol. The Morgan fingerprint density at radius 3 is 2.30 bits per heavy atom. The molecule has 0 radical (unpaired) electrons. The summed E-state index contributed by atoms with van der Waals surface area (Å²) >= 11 is 0. The van der Waals surface area contributed by atoms with Crippen molar-refractivity contribution in [2.45, 2.75) is 45.6 Å². The van der Waals surface area contributed by atoms with E-state index in [-0.39, 0.29) is 0 Å². The fraction of sp³-hybridized carbons (Fsp3) is 0.647. The van der Waals surface area contributed by atoms with Crippen LogP contribution in [0.2, 0.25) is 0 Å². The molecule has 2 N–H and O–H groups in total. The van der Waals surface area contributed by atoms with E-state index in [1.165, 1.54) is 24.8 Å². The molecule has 0 fully saturated rings. The van der Waals surface area contributed by atoms with Gasteiger partial charge < -0.3 is 10.5 Å². The second-order valence-corrected chi connectivity index (χ2v) is 5.34. The lowest BCUT2D eigenvalue weighted by molar-refractivity contribution is 0.114. The lowest BCUT2D eigenvalue weighted by Crippen LogP contribution is -2.37. The minimum absolute atomic E-state index is 0.677. The summed E-state index contributed by atoms with van der Waals surface area (Å²) in [4.78, 5) is 2.57. The third-order valence-electron chi connectivity index (χ3n) is 3.93. The van der Waals surface area contributed by atoms with Gasteiger partial charge in [0.2, 0.25) is 0 Å². The Kier molecular flexibility index (Phi) is 8.31. The van der Waals surface area contributed by atoms with Gasteiger partial charge in [-0.1, -0.05) is 26.0 Å². The van der Waals surface area contributed by atoms with E-state index >= 15 is 0 Å². The minimum atomic E-state index is 0.677. The number of nitrogen functional groups attached to an aromatic ring is 1. The molecule has 0 aliphatic heterocycles. The molecular weight excluding hydrogens is 248 g/mol. The summed E-state index contributed by atoms with van der Waals surface area (Å²) in [6.07, 6.45) is 4.72. The molecule has 0 saturated heterocycles. The van der Waals surface area contributed by atoms with Crippen molar-refractivity contribution in [2.24, 2.45) is 0 Å². The van der Waals surface area contributed by atoms with Crippen molar-refractivity contribution in [3.05, 3.63) is 29.8 Å². The average molecular weight is 278 g/mol. The molecular formula is C17H30N2O. The Morgan fingerprint density at radius 1 is 1.10 bits per heavy atom. The lowest BCUT2D eigenvalue weighted by atomic mass is 10.1. The van der Waals surface area contributed by atoms with Gasteiger partial charge in [0.25, 0.3) is 0 Å². The van der Waals surface area contributed by atoms with E-state index in [0.29, 0.717) is 6.04 Å². The molecule has 0 heterocycles. The third-order valence-corrected chi connectivity index (χ3v) is 3.93. The van der Waals surface area contributed by atoms with Crippen LogP contribution in [0.3, 0.4) is 0 Å². The molecule has 0 saturated carbocycles. The molecule has 0 aliphatic carbocycles. The molecule has 0 unspecified atom stereocenters. The highest BCUT2D eigenvalue weighted by Crippen LogP contribution is 2.12. The van der Waals surface area contributed by atoms with Gasteiger partial charge in [-0.05, 0) is 49.9 Å². The van der Waals surface area contributed by atoms with Crippen LogP contribution in [-0.2, 0) is 11.2 Å². The normalized spacial score (nSPS) is 11.4. The Morgan fingerprint density at radius 2 is 1.75 bits per heavy atom. The zero-order valence-corrected chi connectivity index (χ0v) is 13.3. The summed E-state index contributed by atoms with van der Waals surface area (Å²) in [6, 6.07) is 8.91. The first-order valence-corrected chi connectivity index (χ1v) is 7.78. The topological polar surface area (TPSA) is 38.5 Å². The van der Waals surface area contributed by atoms with E-state index in [4.69, 9.17) is 10.5 Å². The number of nitrogens with two attached hydrogens (primary N) is 1. The summed E-state index contributed by atoms with van der Waals surface area (Å²) in [5.74, 6) is 0. The van der Waals surface area contributed by atoms with Crippen LogP contribution in [0.25, 0.3) is 0 Å². The summed E-state index contributed by atoms with van der Waals surface area (Å²) in [5, 5.41) is 0.